The van der Waals surface area contributed by atoms with Crippen LogP contribution in [0.15, 0.2) is 0 Å². The lowest BCUT2D eigenvalue weighted by Gasteiger charge is -2.10. The maximum atomic E-state index is 11.2. The number of aliphatic hydroxyl groups excluding tert-OH is 2. The molecule has 248 valence electrons. The molecule has 3 aliphatic heterocycles. The van der Waals surface area contributed by atoms with Crippen molar-refractivity contribution >= 4 is 35.8 Å². The number of carboxylic acids is 3. The van der Waals surface area contributed by atoms with E-state index in [1.165, 1.54) is 0 Å². The Bertz CT molecular complexity index is 865. The van der Waals surface area contributed by atoms with Gasteiger partial charge >= 0.3 is 35.8 Å². The first-order valence-corrected chi connectivity index (χ1v) is 13.5. The molecular formula is C24H44N6O13. The maximum Gasteiger partial charge on any atom is 0.332 e. The largest absolute Gasteiger partial charge is 0.480 e. The van der Waals surface area contributed by atoms with Crippen molar-refractivity contribution < 1.29 is 63.8 Å². The van der Waals surface area contributed by atoms with Crippen LogP contribution >= 0.6 is 0 Å². The van der Waals surface area contributed by atoms with Crippen molar-refractivity contribution in [2.45, 2.75) is 74.8 Å². The molecule has 0 radical (unpaired) electrons. The lowest BCUT2D eigenvalue weighted by molar-refractivity contribution is -0.162. The lowest BCUT2D eigenvalue weighted by atomic mass is 10.2. The van der Waals surface area contributed by atoms with Crippen LogP contribution in [-0.4, -0.2) is 137 Å². The molecule has 0 unspecified atom stereocenters. The van der Waals surface area contributed by atoms with Gasteiger partial charge in [-0.2, -0.15) is 0 Å². The van der Waals surface area contributed by atoms with Crippen LogP contribution in [0.4, 0.5) is 0 Å². The van der Waals surface area contributed by atoms with Crippen LogP contribution < -0.4 is 33.2 Å². The number of rotatable bonds is 10. The third-order valence-electron chi connectivity index (χ3n) is 5.98. The van der Waals surface area contributed by atoms with Gasteiger partial charge in [-0.25, -0.2) is 9.59 Å². The number of carbonyl (C=O) groups excluding carboxylic acids is 3. The minimum Gasteiger partial charge on any atom is -0.480 e. The Morgan fingerprint density at radius 2 is 1.05 bits per heavy atom. The molecule has 6 atom stereocenters. The SMILES string of the molecule is N[C@@H](CO)C(=O)OC(=O)[C@@H]1CCCN1.N[C@@H](COC(=O)[C@@H](N)CO)C(=O)O.O=C(O)[C@@H]1CCCN1.O=C(O)[C@@H]1CCCN1. The van der Waals surface area contributed by atoms with E-state index in [1.54, 1.807) is 0 Å². The standard InChI is InChI=1S/C8H14N2O4.C6H12N2O5.2C5H9NO2/c9-5(4-11)7(12)14-8(13)6-2-1-3-10-6;7-3(1-9)6(12)13-2-4(8)5(10)11;2*7-5(8)4-2-1-3-6-4/h5-6,10-11H,1-4,9H2;3-4,9H,1-2,7-8H2,(H,10,11);2*4,6H,1-3H2,(H,7,8)/t5-,6-;3-,4-;2*4-/m0000/s1. The summed E-state index contributed by atoms with van der Waals surface area (Å²) in [5, 5.41) is 50.5. The minimum atomic E-state index is -1.27. The van der Waals surface area contributed by atoms with Gasteiger partial charge in [-0.15, -0.1) is 0 Å². The van der Waals surface area contributed by atoms with Gasteiger partial charge in [0.25, 0.3) is 0 Å². The first-order chi connectivity index (χ1) is 20.2. The van der Waals surface area contributed by atoms with Gasteiger partial charge in [-0.05, 0) is 58.2 Å². The third-order valence-corrected chi connectivity index (χ3v) is 5.98. The van der Waals surface area contributed by atoms with Crippen LogP contribution in [-0.2, 0) is 38.2 Å². The molecular weight excluding hydrogens is 580 g/mol. The molecule has 3 fully saturated rings. The van der Waals surface area contributed by atoms with Crippen molar-refractivity contribution in [3.05, 3.63) is 0 Å². The fourth-order valence-electron chi connectivity index (χ4n) is 3.42. The molecule has 0 aliphatic carbocycles. The van der Waals surface area contributed by atoms with E-state index >= 15 is 0 Å². The molecule has 19 heteroatoms. The second-order valence-corrected chi connectivity index (χ2v) is 9.52. The van der Waals surface area contributed by atoms with E-state index in [9.17, 15) is 28.8 Å². The van der Waals surface area contributed by atoms with Crippen molar-refractivity contribution in [3.63, 3.8) is 0 Å². The van der Waals surface area contributed by atoms with Gasteiger partial charge in [-0.3, -0.25) is 19.2 Å². The zero-order valence-electron chi connectivity index (χ0n) is 23.7. The highest BCUT2D eigenvalue weighted by molar-refractivity contribution is 5.91. The van der Waals surface area contributed by atoms with E-state index in [0.29, 0.717) is 6.42 Å². The number of nitrogens with one attached hydrogen (secondary N) is 3. The summed E-state index contributed by atoms with van der Waals surface area (Å²) in [5.74, 6) is -5.09. The van der Waals surface area contributed by atoms with Crippen LogP contribution in [0.1, 0.15) is 38.5 Å². The van der Waals surface area contributed by atoms with Gasteiger partial charge in [0.2, 0.25) is 0 Å². The Morgan fingerprint density at radius 3 is 1.35 bits per heavy atom. The summed E-state index contributed by atoms with van der Waals surface area (Å²) in [7, 11) is 0. The molecule has 43 heavy (non-hydrogen) atoms. The van der Waals surface area contributed by atoms with Gasteiger partial charge in [-0.1, -0.05) is 0 Å². The molecule has 14 N–H and O–H groups in total. The highest BCUT2D eigenvalue weighted by Gasteiger charge is 2.27. The predicted octanol–water partition coefficient (Wildman–Crippen LogP) is -4.97. The molecule has 0 spiro atoms. The molecule has 0 bridgehead atoms. The highest BCUT2D eigenvalue weighted by atomic mass is 16.6. The Kier molecular flexibility index (Phi) is 20.6. The normalized spacial score (nSPS) is 22.5. The molecule has 19 nitrogen and oxygen atoms in total. The molecule has 0 aromatic carbocycles. The van der Waals surface area contributed by atoms with Crippen molar-refractivity contribution in [1.29, 1.82) is 0 Å². The molecule has 0 saturated carbocycles. The number of hydrogen-bond acceptors (Lipinski definition) is 16. The molecule has 3 rings (SSSR count). The molecule has 0 aromatic heterocycles. The van der Waals surface area contributed by atoms with Crippen molar-refractivity contribution in [2.24, 2.45) is 17.2 Å². The Hall–Kier alpha value is -3.30. The maximum absolute atomic E-state index is 11.2. The quantitative estimate of drug-likeness (QED) is 0.0800. The van der Waals surface area contributed by atoms with E-state index in [0.717, 1.165) is 51.7 Å². The summed E-state index contributed by atoms with van der Waals surface area (Å²) in [5.41, 5.74) is 15.3. The average Bonchev–Trinajstić information content (AvgIpc) is 3.79. The molecule has 0 amide bonds. The van der Waals surface area contributed by atoms with E-state index in [2.05, 4.69) is 25.4 Å². The fourth-order valence-corrected chi connectivity index (χ4v) is 3.42. The lowest BCUT2D eigenvalue weighted by Crippen LogP contribution is -2.41. The van der Waals surface area contributed by atoms with Crippen LogP contribution in [0.25, 0.3) is 0 Å². The van der Waals surface area contributed by atoms with E-state index < -0.39 is 79.8 Å². The molecule has 3 aliphatic rings. The van der Waals surface area contributed by atoms with Crippen LogP contribution in [0, 0.1) is 0 Å². The monoisotopic (exact) mass is 624 g/mol. The van der Waals surface area contributed by atoms with Crippen molar-refractivity contribution in [2.75, 3.05) is 39.5 Å². The number of nitrogens with two attached hydrogens (primary N) is 3. The first-order valence-electron chi connectivity index (χ1n) is 13.5. The summed E-state index contributed by atoms with van der Waals surface area (Å²) < 4.78 is 8.85. The zero-order chi connectivity index (χ0) is 32.9. The summed E-state index contributed by atoms with van der Waals surface area (Å²) in [6, 6.07) is -4.51. The minimum absolute atomic E-state index is 0.269. The zero-order valence-corrected chi connectivity index (χ0v) is 23.7. The van der Waals surface area contributed by atoms with Gasteiger partial charge in [0.15, 0.2) is 0 Å². The fraction of sp³-hybridized carbons (Fsp3) is 0.750. The van der Waals surface area contributed by atoms with Gasteiger partial charge in [0.05, 0.1) is 13.2 Å². The molecule has 3 heterocycles. The van der Waals surface area contributed by atoms with Crippen molar-refractivity contribution in [1.82, 2.24) is 16.0 Å². The van der Waals surface area contributed by atoms with Gasteiger partial charge in [0, 0.05) is 0 Å². The summed E-state index contributed by atoms with van der Waals surface area (Å²) >= 11 is 0. The second-order valence-electron chi connectivity index (χ2n) is 9.52. The topological polar surface area (TPSA) is 336 Å². The number of esters is 3. The second kappa shape index (κ2) is 22.3. The Balaban J connectivity index is 0.000000563. The Labute approximate surface area is 247 Å². The van der Waals surface area contributed by atoms with E-state index in [-0.39, 0.29) is 12.1 Å². The number of hydrogen-bond donors (Lipinski definition) is 11. The highest BCUT2D eigenvalue weighted by Crippen LogP contribution is 2.07. The molecule has 0 aromatic rings. The van der Waals surface area contributed by atoms with E-state index in [1.807, 2.05) is 0 Å². The Morgan fingerprint density at radius 1 is 0.651 bits per heavy atom. The van der Waals surface area contributed by atoms with Gasteiger partial charge < -0.3 is 68.2 Å². The smallest absolute Gasteiger partial charge is 0.332 e. The summed E-state index contributed by atoms with van der Waals surface area (Å²) in [4.78, 5) is 63.4. The first kappa shape index (κ1) is 39.7. The number of aliphatic carboxylic acids is 3. The van der Waals surface area contributed by atoms with Crippen LogP contribution in [0.3, 0.4) is 0 Å². The van der Waals surface area contributed by atoms with E-state index in [4.69, 9.17) is 42.7 Å². The molecule has 3 saturated heterocycles. The third kappa shape index (κ3) is 17.4. The van der Waals surface area contributed by atoms with Gasteiger partial charge in [0.1, 0.15) is 42.9 Å². The number of ether oxygens (including phenoxy) is 2. The average molecular weight is 625 g/mol. The van der Waals surface area contributed by atoms with Crippen molar-refractivity contribution in [3.8, 4) is 0 Å². The predicted molar refractivity (Wildman–Crippen MR) is 146 cm³/mol. The van der Waals surface area contributed by atoms with Crippen LogP contribution in [0.2, 0.25) is 0 Å². The van der Waals surface area contributed by atoms with Crippen LogP contribution in [0.5, 0.6) is 0 Å². The summed E-state index contributed by atoms with van der Waals surface area (Å²) in [6.45, 7) is 0.932. The summed E-state index contributed by atoms with van der Waals surface area (Å²) in [6.07, 6.45) is 5.12. The number of carboxylic acid groups (broad SMARTS) is 3. The number of aliphatic hydroxyl groups is 2. The number of carbonyl (C=O) groups is 6.